The summed E-state index contributed by atoms with van der Waals surface area (Å²) in [5.74, 6) is 1.67. The van der Waals surface area contributed by atoms with E-state index in [1.54, 1.807) is 11.1 Å². The molecule has 1 aromatic carbocycles. The van der Waals surface area contributed by atoms with Gasteiger partial charge in [-0.05, 0) is 48.8 Å². The van der Waals surface area contributed by atoms with E-state index in [0.717, 1.165) is 11.8 Å². The molecule has 0 radical (unpaired) electrons. The first-order chi connectivity index (χ1) is 7.27. The first kappa shape index (κ1) is 8.96. The third-order valence-electron chi connectivity index (χ3n) is 3.76. The summed E-state index contributed by atoms with van der Waals surface area (Å²) in [4.78, 5) is 0. The van der Waals surface area contributed by atoms with E-state index in [4.69, 9.17) is 0 Å². The molecule has 1 aromatic rings. The fourth-order valence-electron chi connectivity index (χ4n) is 2.70. The minimum absolute atomic E-state index is 0.816. The van der Waals surface area contributed by atoms with Crippen molar-refractivity contribution in [1.29, 1.82) is 0 Å². The van der Waals surface area contributed by atoms with Gasteiger partial charge < -0.3 is 0 Å². The second-order valence-electron chi connectivity index (χ2n) is 4.80. The van der Waals surface area contributed by atoms with Crippen molar-refractivity contribution in [2.24, 2.45) is 11.8 Å². The average molecular weight is 196 g/mol. The van der Waals surface area contributed by atoms with E-state index in [1.807, 2.05) is 0 Å². The van der Waals surface area contributed by atoms with Gasteiger partial charge >= 0.3 is 0 Å². The summed E-state index contributed by atoms with van der Waals surface area (Å²) in [7, 11) is 0. The number of benzene rings is 1. The van der Waals surface area contributed by atoms with Crippen LogP contribution in [0, 0.1) is 18.8 Å². The summed E-state index contributed by atoms with van der Waals surface area (Å²) < 4.78 is 0. The Balaban J connectivity index is 2.06. The molecule has 15 heavy (non-hydrogen) atoms. The fraction of sp³-hybridized carbons (Fsp3) is 0.333. The maximum Gasteiger partial charge on any atom is -0.00842 e. The number of hydrogen-bond acceptors (Lipinski definition) is 0. The van der Waals surface area contributed by atoms with Crippen molar-refractivity contribution in [3.63, 3.8) is 0 Å². The van der Waals surface area contributed by atoms with Gasteiger partial charge in [0.15, 0.2) is 0 Å². The number of fused-ring (bicyclic) bond motifs is 1. The Bertz CT molecular complexity index is 463. The monoisotopic (exact) mass is 196 g/mol. The second-order valence-corrected chi connectivity index (χ2v) is 4.80. The van der Waals surface area contributed by atoms with Crippen molar-refractivity contribution >= 4 is 5.57 Å². The number of rotatable bonds is 1. The van der Waals surface area contributed by atoms with Crippen LogP contribution < -0.4 is 0 Å². The zero-order valence-corrected chi connectivity index (χ0v) is 9.33. The standard InChI is InChI=1S/C15H16/c1-10-5-3-4-6-12(10)13-8-7-11(2)14-9-15(13)14/h3-8,14-15H,9H2,1-2H3. The number of aryl methyl sites for hydroxylation is 1. The van der Waals surface area contributed by atoms with Gasteiger partial charge in [-0.25, -0.2) is 0 Å². The van der Waals surface area contributed by atoms with Crippen molar-refractivity contribution in [2.75, 3.05) is 0 Å². The van der Waals surface area contributed by atoms with Gasteiger partial charge in [-0.15, -0.1) is 0 Å². The lowest BCUT2D eigenvalue weighted by Gasteiger charge is -2.13. The maximum absolute atomic E-state index is 2.33. The van der Waals surface area contributed by atoms with Crippen LogP contribution in [0.1, 0.15) is 24.5 Å². The molecule has 3 rings (SSSR count). The van der Waals surface area contributed by atoms with E-state index in [9.17, 15) is 0 Å². The Morgan fingerprint density at radius 3 is 2.60 bits per heavy atom. The Labute approximate surface area is 91.3 Å². The smallest absolute Gasteiger partial charge is 0.00842 e. The zero-order chi connectivity index (χ0) is 10.4. The summed E-state index contributed by atoms with van der Waals surface area (Å²) in [6.45, 7) is 4.47. The predicted octanol–water partition coefficient (Wildman–Crippen LogP) is 3.97. The van der Waals surface area contributed by atoms with Crippen LogP contribution in [0.25, 0.3) is 5.57 Å². The van der Waals surface area contributed by atoms with Crippen LogP contribution in [0.5, 0.6) is 0 Å². The molecule has 0 N–H and O–H groups in total. The highest BCUT2D eigenvalue weighted by Gasteiger charge is 2.42. The van der Waals surface area contributed by atoms with Gasteiger partial charge in [0.25, 0.3) is 0 Å². The third kappa shape index (κ3) is 1.36. The van der Waals surface area contributed by atoms with E-state index in [2.05, 4.69) is 50.3 Å². The van der Waals surface area contributed by atoms with Gasteiger partial charge in [-0.1, -0.05) is 42.0 Å². The molecule has 2 atom stereocenters. The van der Waals surface area contributed by atoms with Crippen molar-refractivity contribution in [2.45, 2.75) is 20.3 Å². The van der Waals surface area contributed by atoms with Crippen LogP contribution in [0.3, 0.4) is 0 Å². The lowest BCUT2D eigenvalue weighted by molar-refractivity contribution is 0.922. The van der Waals surface area contributed by atoms with Gasteiger partial charge in [-0.3, -0.25) is 0 Å². The topological polar surface area (TPSA) is 0 Å². The summed E-state index contributed by atoms with van der Waals surface area (Å²) in [6, 6.07) is 8.73. The van der Waals surface area contributed by atoms with Crippen LogP contribution >= 0.6 is 0 Å². The predicted molar refractivity (Wildman–Crippen MR) is 64.5 cm³/mol. The molecule has 0 saturated heterocycles. The van der Waals surface area contributed by atoms with E-state index >= 15 is 0 Å². The molecule has 2 aliphatic carbocycles. The molecule has 1 fully saturated rings. The Kier molecular flexibility index (Phi) is 1.85. The molecule has 0 aromatic heterocycles. The Morgan fingerprint density at radius 2 is 1.80 bits per heavy atom. The Morgan fingerprint density at radius 1 is 1.00 bits per heavy atom. The first-order valence-electron chi connectivity index (χ1n) is 5.72. The minimum atomic E-state index is 0.816. The molecular weight excluding hydrogens is 180 g/mol. The number of allylic oxidation sites excluding steroid dienone is 4. The SMILES string of the molecule is CC1=CC=C(c2ccccc2C)C2CC12. The normalized spacial score (nSPS) is 27.9. The molecule has 0 amide bonds. The molecule has 0 nitrogen and oxygen atoms in total. The Hall–Kier alpha value is -1.30. The summed E-state index contributed by atoms with van der Waals surface area (Å²) >= 11 is 0. The van der Waals surface area contributed by atoms with E-state index in [0.29, 0.717) is 0 Å². The maximum atomic E-state index is 2.33. The van der Waals surface area contributed by atoms with Crippen LogP contribution in [0.4, 0.5) is 0 Å². The van der Waals surface area contributed by atoms with E-state index in [-0.39, 0.29) is 0 Å². The van der Waals surface area contributed by atoms with Gasteiger partial charge in [0.1, 0.15) is 0 Å². The molecule has 0 spiro atoms. The van der Waals surface area contributed by atoms with Crippen molar-refractivity contribution in [3.8, 4) is 0 Å². The molecule has 2 unspecified atom stereocenters. The van der Waals surface area contributed by atoms with E-state index in [1.165, 1.54) is 17.5 Å². The summed E-state index contributed by atoms with van der Waals surface area (Å²) in [6.07, 6.45) is 5.99. The third-order valence-corrected chi connectivity index (χ3v) is 3.76. The van der Waals surface area contributed by atoms with Crippen LogP contribution in [-0.2, 0) is 0 Å². The highest BCUT2D eigenvalue weighted by atomic mass is 14.5. The van der Waals surface area contributed by atoms with E-state index < -0.39 is 0 Å². The minimum Gasteiger partial charge on any atom is -0.0696 e. The highest BCUT2D eigenvalue weighted by molar-refractivity contribution is 5.75. The second kappa shape index (κ2) is 3.10. The molecule has 0 bridgehead atoms. The summed E-state index contributed by atoms with van der Waals surface area (Å²) in [5, 5.41) is 0. The van der Waals surface area contributed by atoms with Gasteiger partial charge in [0.2, 0.25) is 0 Å². The first-order valence-corrected chi connectivity index (χ1v) is 5.72. The van der Waals surface area contributed by atoms with Crippen molar-refractivity contribution in [3.05, 3.63) is 53.1 Å². The zero-order valence-electron chi connectivity index (χ0n) is 9.33. The highest BCUT2D eigenvalue weighted by Crippen LogP contribution is 2.54. The van der Waals surface area contributed by atoms with Crippen LogP contribution in [-0.4, -0.2) is 0 Å². The van der Waals surface area contributed by atoms with Crippen LogP contribution in [0.2, 0.25) is 0 Å². The van der Waals surface area contributed by atoms with Gasteiger partial charge in [-0.2, -0.15) is 0 Å². The molecule has 0 heteroatoms. The number of hydrogen-bond donors (Lipinski definition) is 0. The average Bonchev–Trinajstić information content (AvgIpc) is 3.01. The molecule has 2 aliphatic rings. The molecule has 1 saturated carbocycles. The van der Waals surface area contributed by atoms with Gasteiger partial charge in [0, 0.05) is 0 Å². The largest absolute Gasteiger partial charge is 0.0696 e. The summed E-state index contributed by atoms with van der Waals surface area (Å²) in [5.41, 5.74) is 5.98. The molecule has 76 valence electrons. The van der Waals surface area contributed by atoms with Crippen molar-refractivity contribution in [1.82, 2.24) is 0 Å². The van der Waals surface area contributed by atoms with Gasteiger partial charge in [0.05, 0.1) is 0 Å². The molecular formula is C15H16. The van der Waals surface area contributed by atoms with Crippen molar-refractivity contribution < 1.29 is 0 Å². The molecule has 0 aliphatic heterocycles. The quantitative estimate of drug-likeness (QED) is 0.637. The molecule has 0 heterocycles. The lowest BCUT2D eigenvalue weighted by atomic mass is 9.91. The van der Waals surface area contributed by atoms with Crippen LogP contribution in [0.15, 0.2) is 42.0 Å². The fourth-order valence-corrected chi connectivity index (χ4v) is 2.70. The lowest BCUT2D eigenvalue weighted by Crippen LogP contribution is -1.97.